The molecular formula is C72H62N6. The second-order valence-corrected chi connectivity index (χ2v) is 32.1. The fourth-order valence-corrected chi connectivity index (χ4v) is 29.3. The van der Waals surface area contributed by atoms with Gasteiger partial charge in [-0.05, 0) is 278 Å². The molecule has 8 aromatic heterocycles. The van der Waals surface area contributed by atoms with E-state index in [-0.39, 0.29) is 0 Å². The summed E-state index contributed by atoms with van der Waals surface area (Å²) in [5.41, 5.74) is 34.0. The van der Waals surface area contributed by atoms with E-state index in [1.807, 2.05) is 0 Å². The number of nitrogens with zero attached hydrogens (tertiary/aromatic N) is 6. The van der Waals surface area contributed by atoms with Crippen molar-refractivity contribution in [1.29, 1.82) is 0 Å². The minimum atomic E-state index is 0.563. The van der Waals surface area contributed by atoms with Crippen LogP contribution in [0, 0.1) is 63.6 Å². The van der Waals surface area contributed by atoms with Crippen LogP contribution >= 0.6 is 0 Å². The molecule has 10 aromatic rings. The molecule has 6 heteroatoms. The highest BCUT2D eigenvalue weighted by atomic mass is 15.0. The second-order valence-electron chi connectivity index (χ2n) is 32.1. The first-order valence-corrected chi connectivity index (χ1v) is 32.7. The Labute approximate surface area is 451 Å². The third-order valence-electron chi connectivity index (χ3n) is 31.2. The van der Waals surface area contributed by atoms with Crippen LogP contribution in [0.25, 0.3) is 87.3 Å². The van der Waals surface area contributed by atoms with Crippen LogP contribution in [-0.2, 0) is 25.7 Å². The lowest BCUT2D eigenvalue weighted by Crippen LogP contribution is -2.59. The molecule has 8 heterocycles. The molecule has 6 nitrogen and oxygen atoms in total. The minimum Gasteiger partial charge on any atom is -0.305 e. The number of hydrogen-bond donors (Lipinski definition) is 0. The summed E-state index contributed by atoms with van der Waals surface area (Å²) >= 11 is 0. The highest BCUT2D eigenvalue weighted by molar-refractivity contribution is 6.32. The van der Waals surface area contributed by atoms with E-state index in [0.29, 0.717) is 63.6 Å². The van der Waals surface area contributed by atoms with Gasteiger partial charge in [0.05, 0.1) is 57.9 Å². The highest BCUT2D eigenvalue weighted by Gasteiger charge is 2.75. The zero-order valence-electron chi connectivity index (χ0n) is 44.6. The fourth-order valence-electron chi connectivity index (χ4n) is 29.3. The maximum absolute atomic E-state index is 5.79. The molecule has 3 spiro atoms. The Kier molecular flexibility index (Phi) is 5.44. The summed E-state index contributed by atoms with van der Waals surface area (Å²) in [6.07, 6.45) is 38.4. The number of pyridine rings is 4. The minimum absolute atomic E-state index is 0.563. The molecule has 18 aliphatic carbocycles. The van der Waals surface area contributed by atoms with Crippen molar-refractivity contribution in [2.24, 2.45) is 63.6 Å². The van der Waals surface area contributed by atoms with Gasteiger partial charge in [-0.3, -0.25) is 19.9 Å². The summed E-state index contributed by atoms with van der Waals surface area (Å²) in [5.74, 6) is 12.7. The summed E-state index contributed by atoms with van der Waals surface area (Å²) in [4.78, 5) is 23.1. The molecule has 28 rings (SSSR count). The van der Waals surface area contributed by atoms with Gasteiger partial charge >= 0.3 is 0 Å². The van der Waals surface area contributed by atoms with E-state index in [2.05, 4.69) is 33.6 Å². The number of rotatable bonds is 0. The molecule has 0 saturated heterocycles. The molecule has 11 fully saturated rings. The number of aryl methyl sites for hydroxylation is 4. The van der Waals surface area contributed by atoms with Crippen LogP contribution in [0.15, 0.2) is 24.8 Å². The van der Waals surface area contributed by atoms with Crippen LogP contribution in [-0.4, -0.2) is 28.7 Å². The Morgan fingerprint density at radius 3 is 1.18 bits per heavy atom. The standard InChI is InChI=1S/C72H62N6/c1-3-41-53-42(57-63-49(24-75-66-32-12-35-15-37-17-44(59(63)66)71(35,37)21-32)78-48-23-74-65-31-11-34-14-36-16-43(70(34,36)20-31)58(65)62(48)56(41)69(57)78)4-2-40-52(53)39(1)54-60-46(22-73-64-29-8-26-5-27(9-29)7-28(6-26)50(60)64)77-47-25-76-67-45-18-38-13-33-10-30(19-72(33,38)45)51(67)61(47)55(40)68(54)77/h22-38,43-45H,1-21H2. The van der Waals surface area contributed by atoms with E-state index >= 15 is 0 Å². The van der Waals surface area contributed by atoms with Crippen LogP contribution in [0.5, 0.6) is 0 Å². The van der Waals surface area contributed by atoms with Crippen LogP contribution < -0.4 is 0 Å². The Morgan fingerprint density at radius 2 is 0.692 bits per heavy atom. The molecular weight excluding hydrogens is 949 g/mol. The van der Waals surface area contributed by atoms with Crippen LogP contribution in [0.2, 0.25) is 0 Å². The van der Waals surface area contributed by atoms with Gasteiger partial charge < -0.3 is 8.80 Å². The van der Waals surface area contributed by atoms with Crippen molar-refractivity contribution < 1.29 is 0 Å². The van der Waals surface area contributed by atoms with Crippen molar-refractivity contribution in [3.63, 3.8) is 0 Å². The number of benzene rings is 2. The molecule has 0 N–H and O–H groups in total. The van der Waals surface area contributed by atoms with Gasteiger partial charge in [-0.2, -0.15) is 0 Å². The van der Waals surface area contributed by atoms with Gasteiger partial charge in [0.1, 0.15) is 0 Å². The van der Waals surface area contributed by atoms with Crippen molar-refractivity contribution in [3.8, 4) is 11.1 Å². The Hall–Kier alpha value is -5.36. The van der Waals surface area contributed by atoms with Gasteiger partial charge in [-0.1, -0.05) is 0 Å². The van der Waals surface area contributed by atoms with E-state index in [1.54, 1.807) is 115 Å². The molecule has 380 valence electrons. The Morgan fingerprint density at radius 1 is 0.321 bits per heavy atom. The van der Waals surface area contributed by atoms with Crippen molar-refractivity contribution in [3.05, 3.63) is 92.1 Å². The highest BCUT2D eigenvalue weighted by Crippen LogP contribution is 2.85. The second kappa shape index (κ2) is 11.1. The smallest absolute Gasteiger partial charge is 0.0728 e. The normalized spacial score (nSPS) is 43.7. The lowest BCUT2D eigenvalue weighted by molar-refractivity contribution is -0.147. The lowest BCUT2D eigenvalue weighted by atomic mass is 9.36. The molecule has 17 unspecified atom stereocenters. The van der Waals surface area contributed by atoms with E-state index in [0.717, 1.165) is 73.0 Å². The van der Waals surface area contributed by atoms with Crippen molar-refractivity contribution in [1.82, 2.24) is 28.7 Å². The maximum Gasteiger partial charge on any atom is 0.0728 e. The molecule has 2 aromatic carbocycles. The molecule has 0 aliphatic heterocycles. The van der Waals surface area contributed by atoms with E-state index in [9.17, 15) is 0 Å². The summed E-state index contributed by atoms with van der Waals surface area (Å²) < 4.78 is 5.70. The molecule has 0 radical (unpaired) electrons. The third kappa shape index (κ3) is 3.31. The molecule has 78 heavy (non-hydrogen) atoms. The Bertz CT molecular complexity index is 4700. The fraction of sp³-hybridized carbons (Fsp3) is 0.556. The number of fused-ring (bicyclic) bond motifs is 31. The zero-order chi connectivity index (χ0) is 48.6. The summed E-state index contributed by atoms with van der Waals surface area (Å²) in [7, 11) is 0. The maximum atomic E-state index is 5.79. The van der Waals surface area contributed by atoms with E-state index in [4.69, 9.17) is 19.9 Å². The first-order chi connectivity index (χ1) is 38.5. The van der Waals surface area contributed by atoms with E-state index in [1.165, 1.54) is 148 Å². The van der Waals surface area contributed by atoms with Crippen LogP contribution in [0.1, 0.15) is 224 Å². The quantitative estimate of drug-likeness (QED) is 0.152. The van der Waals surface area contributed by atoms with Crippen molar-refractivity contribution in [2.45, 2.75) is 182 Å². The van der Waals surface area contributed by atoms with Gasteiger partial charge in [0.25, 0.3) is 0 Å². The molecule has 11 saturated carbocycles. The predicted octanol–water partition coefficient (Wildman–Crippen LogP) is 15.8. The van der Waals surface area contributed by atoms with E-state index < -0.39 is 0 Å². The largest absolute Gasteiger partial charge is 0.305 e. The summed E-state index contributed by atoms with van der Waals surface area (Å²) in [6.45, 7) is 0. The monoisotopic (exact) mass is 1010 g/mol. The average molecular weight is 1010 g/mol. The molecule has 10 bridgehead atoms. The molecule has 0 amide bonds. The number of hydrogen-bond acceptors (Lipinski definition) is 4. The number of aromatic nitrogens is 6. The predicted molar refractivity (Wildman–Crippen MR) is 303 cm³/mol. The molecule has 18 aliphatic rings. The van der Waals surface area contributed by atoms with Crippen molar-refractivity contribution in [2.75, 3.05) is 0 Å². The third-order valence-corrected chi connectivity index (χ3v) is 31.2. The molecule has 17 atom stereocenters. The average Bonchev–Trinajstić information content (AvgIpc) is 1.96. The van der Waals surface area contributed by atoms with Crippen molar-refractivity contribution >= 4 is 76.2 Å². The van der Waals surface area contributed by atoms with Gasteiger partial charge in [0.15, 0.2) is 0 Å². The SMILES string of the molecule is c1nc2c(c3c4c5c6c(c7c8c9c(ncc8n(c13)c47)C1CC3CC4CC9CC431)CCc1c-6c(c3c4c6c(ncc4n4c7cnc8c(c7c1c34)C1CC3CC4CC8CC431)C1CC3CC4CC6C34C1)CC5)C1CC3CC(CC2C3)C1. The zero-order valence-corrected chi connectivity index (χ0v) is 44.6. The summed E-state index contributed by atoms with van der Waals surface area (Å²) in [5, 5.41) is 13.3. The lowest BCUT2D eigenvalue weighted by Gasteiger charge is -2.68. The first-order valence-electron chi connectivity index (χ1n) is 32.7. The van der Waals surface area contributed by atoms with Gasteiger partial charge in [-0.15, -0.1) is 0 Å². The van der Waals surface area contributed by atoms with Gasteiger partial charge in [0, 0.05) is 89.5 Å². The Balaban J connectivity index is 0.850. The van der Waals surface area contributed by atoms with Gasteiger partial charge in [-0.25, -0.2) is 0 Å². The van der Waals surface area contributed by atoms with Gasteiger partial charge in [0.2, 0.25) is 0 Å². The van der Waals surface area contributed by atoms with Crippen LogP contribution in [0.3, 0.4) is 0 Å². The first kappa shape index (κ1) is 38.3. The van der Waals surface area contributed by atoms with Crippen LogP contribution in [0.4, 0.5) is 0 Å². The summed E-state index contributed by atoms with van der Waals surface area (Å²) in [6, 6.07) is 0. The topological polar surface area (TPSA) is 60.4 Å².